The molecular formula is C6H8O6. The van der Waals surface area contributed by atoms with E-state index in [-0.39, 0.29) is 0 Å². The van der Waals surface area contributed by atoms with Crippen molar-refractivity contribution in [3.63, 3.8) is 0 Å². The summed E-state index contributed by atoms with van der Waals surface area (Å²) >= 11 is 0. The average Bonchev–Trinajstić information content (AvgIpc) is 2.43. The van der Waals surface area contributed by atoms with E-state index in [9.17, 15) is 4.79 Å². The Hall–Kier alpha value is -0.690. The van der Waals surface area contributed by atoms with E-state index in [1.807, 2.05) is 0 Å². The molecule has 5 atom stereocenters. The van der Waals surface area contributed by atoms with Gasteiger partial charge in [0.15, 0.2) is 18.5 Å². The molecule has 6 heteroatoms. The van der Waals surface area contributed by atoms with Crippen LogP contribution in [0.5, 0.6) is 0 Å². The van der Waals surface area contributed by atoms with Crippen LogP contribution in [0, 0.1) is 0 Å². The molecule has 2 aliphatic heterocycles. The summed E-state index contributed by atoms with van der Waals surface area (Å²) in [6.45, 7) is 0. The first-order valence-electron chi connectivity index (χ1n) is 3.51. The van der Waals surface area contributed by atoms with Gasteiger partial charge >= 0.3 is 5.97 Å². The zero-order valence-electron chi connectivity index (χ0n) is 5.95. The van der Waals surface area contributed by atoms with Crippen molar-refractivity contribution in [2.24, 2.45) is 0 Å². The van der Waals surface area contributed by atoms with Gasteiger partial charge < -0.3 is 24.8 Å². The third kappa shape index (κ3) is 0.862. The molecule has 0 bridgehead atoms. The predicted octanol–water partition coefficient (Wildman–Crippen LogP) is -2.65. The van der Waals surface area contributed by atoms with Crippen molar-refractivity contribution in [1.29, 1.82) is 0 Å². The van der Waals surface area contributed by atoms with Crippen molar-refractivity contribution < 1.29 is 29.6 Å². The summed E-state index contributed by atoms with van der Waals surface area (Å²) < 4.78 is 9.25. The van der Waals surface area contributed by atoms with Gasteiger partial charge in [-0.05, 0) is 0 Å². The van der Waals surface area contributed by atoms with Crippen LogP contribution in [0.3, 0.4) is 0 Å². The second-order valence-corrected chi connectivity index (χ2v) is 2.83. The molecule has 12 heavy (non-hydrogen) atoms. The Kier molecular flexibility index (Phi) is 1.58. The third-order valence-electron chi connectivity index (χ3n) is 2.05. The Morgan fingerprint density at radius 2 is 1.83 bits per heavy atom. The number of carbonyl (C=O) groups is 1. The van der Waals surface area contributed by atoms with Crippen LogP contribution in [0.1, 0.15) is 0 Å². The predicted molar refractivity (Wildman–Crippen MR) is 32.8 cm³/mol. The van der Waals surface area contributed by atoms with Crippen LogP contribution < -0.4 is 0 Å². The number of carbonyl (C=O) groups excluding carboxylic acids is 1. The molecule has 2 heterocycles. The summed E-state index contributed by atoms with van der Waals surface area (Å²) in [5.41, 5.74) is 0. The summed E-state index contributed by atoms with van der Waals surface area (Å²) in [7, 11) is 0. The Labute approximate surface area is 67.3 Å². The van der Waals surface area contributed by atoms with Gasteiger partial charge in [0.25, 0.3) is 0 Å². The summed E-state index contributed by atoms with van der Waals surface area (Å²) in [4.78, 5) is 10.7. The van der Waals surface area contributed by atoms with Crippen LogP contribution in [-0.2, 0) is 14.3 Å². The summed E-state index contributed by atoms with van der Waals surface area (Å²) in [5, 5.41) is 27.2. The number of ether oxygens (including phenoxy) is 2. The minimum absolute atomic E-state index is 0.823. The number of aliphatic hydroxyl groups excluding tert-OH is 3. The summed E-state index contributed by atoms with van der Waals surface area (Å²) in [5.74, 6) is -0.823. The maximum Gasteiger partial charge on any atom is 0.338 e. The highest BCUT2D eigenvalue weighted by atomic mass is 16.7. The fourth-order valence-corrected chi connectivity index (χ4v) is 1.40. The lowest BCUT2D eigenvalue weighted by atomic mass is 10.1. The van der Waals surface area contributed by atoms with E-state index in [2.05, 4.69) is 9.47 Å². The number of hydrogen-bond acceptors (Lipinski definition) is 6. The van der Waals surface area contributed by atoms with E-state index in [4.69, 9.17) is 15.3 Å². The maximum atomic E-state index is 10.7. The fraction of sp³-hybridized carbons (Fsp3) is 0.833. The maximum absolute atomic E-state index is 10.7. The molecule has 3 N–H and O–H groups in total. The zero-order chi connectivity index (χ0) is 8.88. The Balaban J connectivity index is 2.19. The normalized spacial score (nSPS) is 52.2. The molecule has 2 fully saturated rings. The van der Waals surface area contributed by atoms with Gasteiger partial charge in [-0.3, -0.25) is 0 Å². The summed E-state index contributed by atoms with van der Waals surface area (Å²) in [6, 6.07) is 0. The molecule has 0 saturated carbocycles. The summed E-state index contributed by atoms with van der Waals surface area (Å²) in [6.07, 6.45) is -5.94. The van der Waals surface area contributed by atoms with Crippen LogP contribution in [-0.4, -0.2) is 52.0 Å². The topological polar surface area (TPSA) is 96.2 Å². The first kappa shape index (κ1) is 7.93. The highest BCUT2D eigenvalue weighted by Crippen LogP contribution is 2.30. The highest BCUT2D eigenvalue weighted by molar-refractivity contribution is 5.78. The Morgan fingerprint density at radius 3 is 2.42 bits per heavy atom. The average molecular weight is 176 g/mol. The van der Waals surface area contributed by atoms with Gasteiger partial charge in [0.1, 0.15) is 12.2 Å². The van der Waals surface area contributed by atoms with Gasteiger partial charge in [-0.1, -0.05) is 0 Å². The van der Waals surface area contributed by atoms with Gasteiger partial charge in [0.05, 0.1) is 0 Å². The monoisotopic (exact) mass is 176 g/mol. The first-order chi connectivity index (χ1) is 5.61. The van der Waals surface area contributed by atoms with Crippen molar-refractivity contribution in [2.45, 2.75) is 30.7 Å². The largest absolute Gasteiger partial charge is 0.454 e. The molecule has 0 aromatic heterocycles. The van der Waals surface area contributed by atoms with Crippen LogP contribution in [0.2, 0.25) is 0 Å². The van der Waals surface area contributed by atoms with Gasteiger partial charge in [-0.15, -0.1) is 0 Å². The Bertz CT molecular complexity index is 216. The molecule has 0 radical (unpaired) electrons. The number of aliphatic hydroxyl groups is 3. The van der Waals surface area contributed by atoms with Crippen molar-refractivity contribution in [1.82, 2.24) is 0 Å². The van der Waals surface area contributed by atoms with Crippen LogP contribution in [0.15, 0.2) is 0 Å². The van der Waals surface area contributed by atoms with E-state index in [0.29, 0.717) is 0 Å². The van der Waals surface area contributed by atoms with Crippen LogP contribution in [0.4, 0.5) is 0 Å². The molecule has 0 amide bonds. The van der Waals surface area contributed by atoms with E-state index in [0.717, 1.165) is 0 Å². The van der Waals surface area contributed by atoms with Gasteiger partial charge in [0.2, 0.25) is 0 Å². The van der Waals surface area contributed by atoms with Crippen molar-refractivity contribution in [3.8, 4) is 0 Å². The molecule has 2 rings (SSSR count). The molecular weight excluding hydrogens is 168 g/mol. The lowest BCUT2D eigenvalue weighted by Gasteiger charge is -2.10. The Morgan fingerprint density at radius 1 is 1.17 bits per heavy atom. The quantitative estimate of drug-likeness (QED) is 0.349. The minimum Gasteiger partial charge on any atom is -0.454 e. The molecule has 0 aromatic rings. The third-order valence-corrected chi connectivity index (χ3v) is 2.05. The second kappa shape index (κ2) is 2.40. The zero-order valence-corrected chi connectivity index (χ0v) is 5.95. The van der Waals surface area contributed by atoms with E-state index in [1.165, 1.54) is 0 Å². The molecule has 3 unspecified atom stereocenters. The van der Waals surface area contributed by atoms with Crippen molar-refractivity contribution >= 4 is 5.97 Å². The van der Waals surface area contributed by atoms with E-state index in [1.54, 1.807) is 0 Å². The van der Waals surface area contributed by atoms with Crippen LogP contribution >= 0.6 is 0 Å². The standard InChI is InChI=1S/C6H8O6/c7-1-3-4(12-5(1)9)2(8)6(10)11-3/h1-5,7-9H/t1-,2+,3?,4?,5?/m1/s1. The van der Waals surface area contributed by atoms with Crippen molar-refractivity contribution in [2.75, 3.05) is 0 Å². The molecule has 0 aliphatic carbocycles. The smallest absolute Gasteiger partial charge is 0.338 e. The van der Waals surface area contributed by atoms with Crippen LogP contribution in [0.25, 0.3) is 0 Å². The molecule has 68 valence electrons. The fourth-order valence-electron chi connectivity index (χ4n) is 1.40. The SMILES string of the molecule is O=C1OC2C(OC(O)[C@@H]2O)[C@@H]1O. The van der Waals surface area contributed by atoms with E-state index < -0.39 is 36.7 Å². The lowest BCUT2D eigenvalue weighted by molar-refractivity contribution is -0.168. The number of esters is 1. The number of hydrogen-bond donors (Lipinski definition) is 3. The van der Waals surface area contributed by atoms with Gasteiger partial charge in [0, 0.05) is 0 Å². The molecule has 6 nitrogen and oxygen atoms in total. The van der Waals surface area contributed by atoms with Gasteiger partial charge in [-0.25, -0.2) is 4.79 Å². The second-order valence-electron chi connectivity index (χ2n) is 2.83. The first-order valence-corrected chi connectivity index (χ1v) is 3.51. The number of fused-ring (bicyclic) bond motifs is 1. The van der Waals surface area contributed by atoms with Gasteiger partial charge in [-0.2, -0.15) is 0 Å². The lowest BCUT2D eigenvalue weighted by Crippen LogP contribution is -2.32. The number of rotatable bonds is 0. The van der Waals surface area contributed by atoms with E-state index >= 15 is 0 Å². The molecule has 2 aliphatic rings. The highest BCUT2D eigenvalue weighted by Gasteiger charge is 2.56. The molecule has 0 spiro atoms. The van der Waals surface area contributed by atoms with Crippen molar-refractivity contribution in [3.05, 3.63) is 0 Å². The molecule has 2 saturated heterocycles. The minimum atomic E-state index is -1.40. The molecule has 0 aromatic carbocycles.